The van der Waals surface area contributed by atoms with E-state index in [0.29, 0.717) is 5.69 Å². The number of aromatic amines is 1. The average Bonchev–Trinajstić information content (AvgIpc) is 3.04. The van der Waals surface area contributed by atoms with Gasteiger partial charge in [0.15, 0.2) is 5.60 Å². The van der Waals surface area contributed by atoms with Crippen LogP contribution in [0.25, 0.3) is 11.3 Å². The van der Waals surface area contributed by atoms with Crippen LogP contribution in [-0.2, 0) is 11.8 Å². The van der Waals surface area contributed by atoms with Crippen molar-refractivity contribution in [2.75, 3.05) is 20.2 Å². The summed E-state index contributed by atoms with van der Waals surface area (Å²) in [7, 11) is 2.85. The molecule has 2 aromatic heterocycles. The number of hydrogen-bond donors (Lipinski definition) is 1. The second-order valence-corrected chi connectivity index (χ2v) is 5.59. The van der Waals surface area contributed by atoms with Crippen LogP contribution in [-0.4, -0.2) is 57.5 Å². The van der Waals surface area contributed by atoms with Crippen LogP contribution < -0.4 is 0 Å². The third-order valence-electron chi connectivity index (χ3n) is 4.02. The molecule has 23 heavy (non-hydrogen) atoms. The number of aryl methyl sites for hydroxylation is 1. The highest BCUT2D eigenvalue weighted by molar-refractivity contribution is 5.94. The van der Waals surface area contributed by atoms with E-state index < -0.39 is 30.8 Å². The predicted octanol–water partition coefficient (Wildman–Crippen LogP) is 1.82. The number of carbonyl (C=O) groups excluding carboxylic acids is 1. The lowest BCUT2D eigenvalue weighted by Gasteiger charge is -2.49. The number of ether oxygens (including phenoxy) is 1. The van der Waals surface area contributed by atoms with Gasteiger partial charge in [-0.1, -0.05) is 0 Å². The minimum atomic E-state index is -4.51. The molecule has 6 nitrogen and oxygen atoms in total. The Balaban J connectivity index is 1.72. The molecule has 9 heteroatoms. The van der Waals surface area contributed by atoms with Crippen LogP contribution in [0.15, 0.2) is 24.5 Å². The first-order chi connectivity index (χ1) is 10.8. The van der Waals surface area contributed by atoms with Gasteiger partial charge in [-0.3, -0.25) is 9.89 Å². The number of nitrogens with zero attached hydrogens (tertiary/aromatic N) is 3. The van der Waals surface area contributed by atoms with Gasteiger partial charge in [0.25, 0.3) is 5.91 Å². The fraction of sp³-hybridized carbons (Fsp3) is 0.429. The van der Waals surface area contributed by atoms with Gasteiger partial charge >= 0.3 is 6.18 Å². The molecule has 1 aliphatic heterocycles. The van der Waals surface area contributed by atoms with Gasteiger partial charge in [0.2, 0.25) is 0 Å². The predicted molar refractivity (Wildman–Crippen MR) is 74.7 cm³/mol. The molecule has 1 saturated heterocycles. The molecule has 124 valence electrons. The monoisotopic (exact) mass is 328 g/mol. The maximum atomic E-state index is 12.9. The van der Waals surface area contributed by atoms with Crippen LogP contribution in [0.1, 0.15) is 10.5 Å². The minimum absolute atomic E-state index is 0.149. The fourth-order valence-corrected chi connectivity index (χ4v) is 2.54. The van der Waals surface area contributed by atoms with Gasteiger partial charge in [0.05, 0.1) is 18.8 Å². The van der Waals surface area contributed by atoms with E-state index in [1.807, 2.05) is 30.1 Å². The number of alkyl halides is 3. The molecule has 0 aliphatic carbocycles. The van der Waals surface area contributed by atoms with Crippen LogP contribution in [0.4, 0.5) is 13.2 Å². The quantitative estimate of drug-likeness (QED) is 0.935. The average molecular weight is 328 g/mol. The van der Waals surface area contributed by atoms with Gasteiger partial charge < -0.3 is 14.2 Å². The van der Waals surface area contributed by atoms with Crippen molar-refractivity contribution in [2.24, 2.45) is 7.05 Å². The van der Waals surface area contributed by atoms with Crippen molar-refractivity contribution in [3.05, 3.63) is 30.2 Å². The Hall–Kier alpha value is -2.29. The van der Waals surface area contributed by atoms with E-state index in [4.69, 9.17) is 0 Å². The van der Waals surface area contributed by atoms with Crippen molar-refractivity contribution < 1.29 is 22.7 Å². The first-order valence-corrected chi connectivity index (χ1v) is 6.85. The minimum Gasteiger partial charge on any atom is -0.365 e. The molecule has 0 unspecified atom stereocenters. The van der Waals surface area contributed by atoms with Crippen molar-refractivity contribution in [2.45, 2.75) is 11.8 Å². The Labute approximate surface area is 129 Å². The maximum absolute atomic E-state index is 12.9. The number of aromatic nitrogens is 3. The number of H-pyrrole nitrogens is 1. The van der Waals surface area contributed by atoms with E-state index in [-0.39, 0.29) is 5.69 Å². The molecule has 1 aliphatic rings. The molecule has 3 heterocycles. The zero-order valence-electron chi connectivity index (χ0n) is 12.5. The molecule has 1 N–H and O–H groups in total. The highest BCUT2D eigenvalue weighted by atomic mass is 19.4. The van der Waals surface area contributed by atoms with E-state index in [9.17, 15) is 18.0 Å². The van der Waals surface area contributed by atoms with E-state index in [0.717, 1.165) is 17.6 Å². The standard InChI is InChI=1S/C14H15F3N4O2/c1-20-4-3-9(6-20)10-5-11(19-18-10)12(22)21-7-13(8-21,23-2)14(15,16)17/h3-6H,7-8H2,1-2H3,(H,18,19). The molecule has 0 bridgehead atoms. The van der Waals surface area contributed by atoms with Crippen LogP contribution >= 0.6 is 0 Å². The molecule has 1 amide bonds. The largest absolute Gasteiger partial charge is 0.420 e. The highest BCUT2D eigenvalue weighted by Gasteiger charge is 2.63. The van der Waals surface area contributed by atoms with Gasteiger partial charge in [0.1, 0.15) is 5.69 Å². The van der Waals surface area contributed by atoms with Gasteiger partial charge in [0, 0.05) is 32.1 Å². The number of nitrogens with one attached hydrogen (secondary N) is 1. The second-order valence-electron chi connectivity index (χ2n) is 5.59. The summed E-state index contributed by atoms with van der Waals surface area (Å²) in [4.78, 5) is 13.3. The lowest BCUT2D eigenvalue weighted by atomic mass is 9.92. The third kappa shape index (κ3) is 2.50. The molecular weight excluding hydrogens is 313 g/mol. The Morgan fingerprint density at radius 2 is 2.13 bits per heavy atom. The molecule has 0 aromatic carbocycles. The summed E-state index contributed by atoms with van der Waals surface area (Å²) < 4.78 is 45.2. The van der Waals surface area contributed by atoms with Gasteiger partial charge in [-0.15, -0.1) is 0 Å². The van der Waals surface area contributed by atoms with Crippen molar-refractivity contribution >= 4 is 5.91 Å². The van der Waals surface area contributed by atoms with Gasteiger partial charge in [-0.2, -0.15) is 18.3 Å². The van der Waals surface area contributed by atoms with E-state index in [2.05, 4.69) is 14.9 Å². The smallest absolute Gasteiger partial charge is 0.365 e. The first kappa shape index (κ1) is 15.6. The van der Waals surface area contributed by atoms with Gasteiger partial charge in [-0.25, -0.2) is 0 Å². The lowest BCUT2D eigenvalue weighted by molar-refractivity contribution is -0.303. The van der Waals surface area contributed by atoms with Gasteiger partial charge in [-0.05, 0) is 12.1 Å². The number of carbonyl (C=O) groups is 1. The van der Waals surface area contributed by atoms with Crippen molar-refractivity contribution in [1.29, 1.82) is 0 Å². The van der Waals surface area contributed by atoms with Crippen molar-refractivity contribution in [1.82, 2.24) is 19.7 Å². The number of hydrogen-bond acceptors (Lipinski definition) is 3. The Kier molecular flexibility index (Phi) is 3.47. The normalized spacial score (nSPS) is 17.2. The molecule has 2 aromatic rings. The summed E-state index contributed by atoms with van der Waals surface area (Å²) in [6.07, 6.45) is -0.855. The molecule has 3 rings (SSSR count). The Bertz CT molecular complexity index is 728. The number of amides is 1. The topological polar surface area (TPSA) is 63.1 Å². The molecule has 0 atom stereocenters. The molecule has 0 saturated carbocycles. The summed E-state index contributed by atoms with van der Waals surface area (Å²) in [5.74, 6) is -0.531. The number of likely N-dealkylation sites (tertiary alicyclic amines) is 1. The highest BCUT2D eigenvalue weighted by Crippen LogP contribution is 2.40. The van der Waals surface area contributed by atoms with Crippen LogP contribution in [0.3, 0.4) is 0 Å². The number of halogens is 3. The van der Waals surface area contributed by atoms with Crippen LogP contribution in [0.5, 0.6) is 0 Å². The summed E-state index contributed by atoms with van der Waals surface area (Å²) >= 11 is 0. The lowest BCUT2D eigenvalue weighted by Crippen LogP contribution is -2.71. The molecule has 0 radical (unpaired) electrons. The SMILES string of the molecule is COC1(C(F)(F)F)CN(C(=O)c2cc(-c3ccn(C)c3)n[nH]2)C1. The molecule has 1 fully saturated rings. The molecule has 0 spiro atoms. The second kappa shape index (κ2) is 5.12. The Morgan fingerprint density at radius 1 is 1.43 bits per heavy atom. The Morgan fingerprint density at radius 3 is 2.65 bits per heavy atom. The number of methoxy groups -OCH3 is 1. The maximum Gasteiger partial charge on any atom is 0.420 e. The van der Waals surface area contributed by atoms with Crippen LogP contribution in [0, 0.1) is 0 Å². The summed E-state index contributed by atoms with van der Waals surface area (Å²) in [6, 6.07) is 3.35. The summed E-state index contributed by atoms with van der Waals surface area (Å²) in [6.45, 7) is -1.04. The number of rotatable bonds is 3. The first-order valence-electron chi connectivity index (χ1n) is 6.85. The van der Waals surface area contributed by atoms with Crippen molar-refractivity contribution in [3.63, 3.8) is 0 Å². The summed E-state index contributed by atoms with van der Waals surface area (Å²) in [5, 5.41) is 6.60. The van der Waals surface area contributed by atoms with E-state index in [1.54, 1.807) is 0 Å². The van der Waals surface area contributed by atoms with E-state index >= 15 is 0 Å². The zero-order valence-corrected chi connectivity index (χ0v) is 12.5. The fourth-order valence-electron chi connectivity index (χ4n) is 2.54. The zero-order chi connectivity index (χ0) is 16.8. The third-order valence-corrected chi connectivity index (χ3v) is 4.02. The summed E-state index contributed by atoms with van der Waals surface area (Å²) in [5.41, 5.74) is -0.753. The van der Waals surface area contributed by atoms with Crippen molar-refractivity contribution in [3.8, 4) is 11.3 Å². The van der Waals surface area contributed by atoms with E-state index in [1.165, 1.54) is 6.07 Å². The van der Waals surface area contributed by atoms with Crippen LogP contribution in [0.2, 0.25) is 0 Å². The molecular formula is C14H15F3N4O2.